The van der Waals surface area contributed by atoms with Gasteiger partial charge in [0.1, 0.15) is 0 Å². The van der Waals surface area contributed by atoms with Crippen LogP contribution in [0.2, 0.25) is 0 Å². The van der Waals surface area contributed by atoms with Crippen molar-refractivity contribution in [3.05, 3.63) is 0 Å². The maximum atomic E-state index is 5.62. The van der Waals surface area contributed by atoms with Gasteiger partial charge in [0.15, 0.2) is 0 Å². The number of ether oxygens (including phenoxy) is 1. The van der Waals surface area contributed by atoms with E-state index < -0.39 is 0 Å². The van der Waals surface area contributed by atoms with E-state index in [4.69, 9.17) is 4.74 Å². The van der Waals surface area contributed by atoms with Gasteiger partial charge >= 0.3 is 0 Å². The van der Waals surface area contributed by atoms with E-state index in [0.29, 0.717) is 12.1 Å². The van der Waals surface area contributed by atoms with E-state index in [0.717, 1.165) is 19.6 Å². The summed E-state index contributed by atoms with van der Waals surface area (Å²) < 4.78 is 5.62. The van der Waals surface area contributed by atoms with Gasteiger partial charge in [0.25, 0.3) is 0 Å². The van der Waals surface area contributed by atoms with Crippen LogP contribution in [0.15, 0.2) is 0 Å². The number of hydrogen-bond acceptors (Lipinski definition) is 3. The van der Waals surface area contributed by atoms with Crippen molar-refractivity contribution in [2.75, 3.05) is 25.2 Å². The molecular weight excluding hydrogens is 182 g/mol. The Morgan fingerprint density at radius 3 is 3.08 bits per heavy atom. The van der Waals surface area contributed by atoms with Gasteiger partial charge in [-0.15, -0.1) is 0 Å². The molecule has 78 valence electrons. The second-order valence-electron chi connectivity index (χ2n) is 3.57. The van der Waals surface area contributed by atoms with Crippen molar-refractivity contribution in [3.8, 4) is 0 Å². The largest absolute Gasteiger partial charge is 0.378 e. The molecule has 0 amide bonds. The zero-order valence-corrected chi connectivity index (χ0v) is 9.53. The average molecular weight is 203 g/mol. The Labute approximate surface area is 85.8 Å². The fourth-order valence-electron chi connectivity index (χ4n) is 1.72. The lowest BCUT2D eigenvalue weighted by Gasteiger charge is -2.29. The Morgan fingerprint density at radius 2 is 2.38 bits per heavy atom. The maximum absolute atomic E-state index is 5.62. The molecule has 2 unspecified atom stereocenters. The average Bonchev–Trinajstić information content (AvgIpc) is 2.19. The molecule has 0 aromatic heterocycles. The van der Waals surface area contributed by atoms with Crippen LogP contribution in [0.3, 0.4) is 0 Å². The van der Waals surface area contributed by atoms with Gasteiger partial charge in [0, 0.05) is 24.9 Å². The van der Waals surface area contributed by atoms with Crippen LogP contribution in [0, 0.1) is 0 Å². The van der Waals surface area contributed by atoms with Gasteiger partial charge < -0.3 is 10.1 Å². The van der Waals surface area contributed by atoms with E-state index in [1.807, 2.05) is 11.8 Å². The molecule has 2 atom stereocenters. The molecule has 0 aromatic rings. The first-order chi connectivity index (χ1) is 6.36. The van der Waals surface area contributed by atoms with Gasteiger partial charge in [-0.1, -0.05) is 6.92 Å². The highest BCUT2D eigenvalue weighted by atomic mass is 32.2. The number of hydrogen-bond donors (Lipinski definition) is 1. The van der Waals surface area contributed by atoms with Gasteiger partial charge in [0.2, 0.25) is 0 Å². The smallest absolute Gasteiger partial charge is 0.0587 e. The molecule has 1 aliphatic rings. The van der Waals surface area contributed by atoms with Crippen molar-refractivity contribution < 1.29 is 4.74 Å². The van der Waals surface area contributed by atoms with Crippen LogP contribution in [0.25, 0.3) is 0 Å². The second kappa shape index (κ2) is 6.68. The Bertz CT molecular complexity index is 132. The summed E-state index contributed by atoms with van der Waals surface area (Å²) in [6, 6.07) is 0.700. The summed E-state index contributed by atoms with van der Waals surface area (Å²) >= 11 is 1.90. The molecule has 0 radical (unpaired) electrons. The van der Waals surface area contributed by atoms with E-state index in [1.54, 1.807) is 0 Å². The molecule has 0 aromatic carbocycles. The Kier molecular flexibility index (Phi) is 5.83. The molecule has 1 fully saturated rings. The Balaban J connectivity index is 2.11. The quantitative estimate of drug-likeness (QED) is 0.690. The van der Waals surface area contributed by atoms with Crippen molar-refractivity contribution in [2.45, 2.75) is 38.3 Å². The zero-order chi connectivity index (χ0) is 9.52. The molecule has 2 nitrogen and oxygen atoms in total. The second-order valence-corrected chi connectivity index (χ2v) is 4.55. The first-order valence-electron chi connectivity index (χ1n) is 5.20. The summed E-state index contributed by atoms with van der Waals surface area (Å²) in [6.07, 6.45) is 6.19. The SMILES string of the molecule is CCC1CC(NCCSC)CCO1. The summed E-state index contributed by atoms with van der Waals surface area (Å²) in [7, 11) is 0. The first-order valence-corrected chi connectivity index (χ1v) is 6.60. The molecule has 0 aliphatic carbocycles. The summed E-state index contributed by atoms with van der Waals surface area (Å²) in [4.78, 5) is 0. The molecular formula is C10H21NOS. The number of rotatable bonds is 5. The number of thioether (sulfide) groups is 1. The molecule has 1 heterocycles. The Morgan fingerprint density at radius 1 is 1.54 bits per heavy atom. The molecule has 1 saturated heterocycles. The molecule has 1 rings (SSSR count). The van der Waals surface area contributed by atoms with Gasteiger partial charge in [-0.2, -0.15) is 11.8 Å². The molecule has 3 heteroatoms. The molecule has 1 aliphatic heterocycles. The summed E-state index contributed by atoms with van der Waals surface area (Å²) in [6.45, 7) is 4.28. The highest BCUT2D eigenvalue weighted by molar-refractivity contribution is 7.98. The fraction of sp³-hybridized carbons (Fsp3) is 1.00. The molecule has 0 bridgehead atoms. The normalized spacial score (nSPS) is 29.1. The molecule has 1 N–H and O–H groups in total. The van der Waals surface area contributed by atoms with Crippen molar-refractivity contribution in [1.29, 1.82) is 0 Å². The Hall–Kier alpha value is 0.270. The highest BCUT2D eigenvalue weighted by Crippen LogP contribution is 2.15. The summed E-state index contributed by atoms with van der Waals surface area (Å²) in [5.74, 6) is 1.22. The minimum Gasteiger partial charge on any atom is -0.378 e. The topological polar surface area (TPSA) is 21.3 Å². The van der Waals surface area contributed by atoms with E-state index >= 15 is 0 Å². The van der Waals surface area contributed by atoms with Crippen LogP contribution in [0.4, 0.5) is 0 Å². The predicted octanol–water partition coefficient (Wildman–Crippen LogP) is 1.90. The summed E-state index contributed by atoms with van der Waals surface area (Å²) in [5.41, 5.74) is 0. The van der Waals surface area contributed by atoms with Crippen LogP contribution in [0.5, 0.6) is 0 Å². The maximum Gasteiger partial charge on any atom is 0.0587 e. The van der Waals surface area contributed by atoms with Gasteiger partial charge in [0.05, 0.1) is 6.10 Å². The molecule has 13 heavy (non-hydrogen) atoms. The predicted molar refractivity (Wildman–Crippen MR) is 59.4 cm³/mol. The van der Waals surface area contributed by atoms with Crippen LogP contribution < -0.4 is 5.32 Å². The van der Waals surface area contributed by atoms with E-state index in [2.05, 4.69) is 18.5 Å². The zero-order valence-electron chi connectivity index (χ0n) is 8.71. The standard InChI is InChI=1S/C10H21NOS/c1-3-10-8-9(4-6-12-10)11-5-7-13-2/h9-11H,3-8H2,1-2H3. The first kappa shape index (κ1) is 11.3. The molecule has 0 saturated carbocycles. The van der Waals surface area contributed by atoms with Crippen molar-refractivity contribution >= 4 is 11.8 Å². The highest BCUT2D eigenvalue weighted by Gasteiger charge is 2.20. The number of nitrogens with one attached hydrogen (secondary N) is 1. The van der Waals surface area contributed by atoms with E-state index in [1.165, 1.54) is 18.6 Å². The van der Waals surface area contributed by atoms with Crippen LogP contribution in [0.1, 0.15) is 26.2 Å². The van der Waals surface area contributed by atoms with Crippen molar-refractivity contribution in [3.63, 3.8) is 0 Å². The van der Waals surface area contributed by atoms with Crippen LogP contribution >= 0.6 is 11.8 Å². The van der Waals surface area contributed by atoms with Gasteiger partial charge in [-0.05, 0) is 25.5 Å². The third-order valence-corrected chi connectivity index (χ3v) is 3.17. The lowest BCUT2D eigenvalue weighted by atomic mass is 10.0. The van der Waals surface area contributed by atoms with Crippen LogP contribution in [-0.2, 0) is 4.74 Å². The third-order valence-electron chi connectivity index (χ3n) is 2.56. The van der Waals surface area contributed by atoms with E-state index in [-0.39, 0.29) is 0 Å². The summed E-state index contributed by atoms with van der Waals surface area (Å²) in [5, 5.41) is 3.59. The van der Waals surface area contributed by atoms with Crippen LogP contribution in [-0.4, -0.2) is 37.3 Å². The lowest BCUT2D eigenvalue weighted by molar-refractivity contribution is 0.000351. The molecule has 0 spiro atoms. The lowest BCUT2D eigenvalue weighted by Crippen LogP contribution is -2.39. The minimum absolute atomic E-state index is 0.500. The van der Waals surface area contributed by atoms with Gasteiger partial charge in [-0.3, -0.25) is 0 Å². The van der Waals surface area contributed by atoms with Crippen molar-refractivity contribution in [2.24, 2.45) is 0 Å². The monoisotopic (exact) mass is 203 g/mol. The van der Waals surface area contributed by atoms with Crippen molar-refractivity contribution in [1.82, 2.24) is 5.32 Å². The third kappa shape index (κ3) is 4.34. The van der Waals surface area contributed by atoms with E-state index in [9.17, 15) is 0 Å². The van der Waals surface area contributed by atoms with Gasteiger partial charge in [-0.25, -0.2) is 0 Å². The minimum atomic E-state index is 0.500. The fourth-order valence-corrected chi connectivity index (χ4v) is 2.04.